The average molecular weight is 352 g/mol. The zero-order valence-corrected chi connectivity index (χ0v) is 14.1. The van der Waals surface area contributed by atoms with E-state index < -0.39 is 11.4 Å². The molecule has 0 saturated carbocycles. The number of aliphatic hydroxyl groups is 1. The summed E-state index contributed by atoms with van der Waals surface area (Å²) in [4.78, 5) is 29.2. The van der Waals surface area contributed by atoms with Crippen molar-refractivity contribution in [1.29, 1.82) is 0 Å². The van der Waals surface area contributed by atoms with Crippen molar-refractivity contribution in [3.05, 3.63) is 75.3 Å². The van der Waals surface area contributed by atoms with E-state index in [0.717, 1.165) is 5.56 Å². The van der Waals surface area contributed by atoms with Crippen LogP contribution < -0.4 is 10.5 Å². The molecule has 26 heavy (non-hydrogen) atoms. The van der Waals surface area contributed by atoms with Gasteiger partial charge in [-0.25, -0.2) is 4.39 Å². The summed E-state index contributed by atoms with van der Waals surface area (Å²) in [6, 6.07) is 11.6. The molecule has 0 fully saturated rings. The molecule has 6 heteroatoms. The molecular formula is C20H17FN2O3. The number of para-hydroxylation sites is 1. The van der Waals surface area contributed by atoms with Gasteiger partial charge in [0.25, 0.3) is 5.91 Å². The molecule has 2 aromatic carbocycles. The lowest BCUT2D eigenvalue weighted by Gasteiger charge is -2.19. The van der Waals surface area contributed by atoms with Crippen molar-refractivity contribution in [3.8, 4) is 0 Å². The Bertz CT molecular complexity index is 1090. The minimum absolute atomic E-state index is 0.0256. The Morgan fingerprint density at radius 3 is 2.85 bits per heavy atom. The quantitative estimate of drug-likeness (QED) is 0.745. The highest BCUT2D eigenvalue weighted by atomic mass is 19.1. The lowest BCUT2D eigenvalue weighted by molar-refractivity contribution is 0.0988. The Labute approximate surface area is 148 Å². The number of nitrogens with one attached hydrogen (secondary N) is 1. The van der Waals surface area contributed by atoms with Crippen LogP contribution in [-0.4, -0.2) is 29.1 Å². The molecular weight excluding hydrogens is 335 g/mol. The molecule has 1 unspecified atom stereocenters. The van der Waals surface area contributed by atoms with Crippen molar-refractivity contribution in [2.45, 2.75) is 12.8 Å². The van der Waals surface area contributed by atoms with Crippen LogP contribution in [0.1, 0.15) is 27.4 Å². The first kappa shape index (κ1) is 16.5. The SMILES string of the molecule is Cc1cc(F)c2[nH]c(=O)cc(C(=O)N3CC(CO)c4ccccc43)c2c1. The smallest absolute Gasteiger partial charge is 0.259 e. The number of fused-ring (bicyclic) bond motifs is 2. The predicted molar refractivity (Wildman–Crippen MR) is 97.2 cm³/mol. The molecule has 0 bridgehead atoms. The minimum atomic E-state index is -0.568. The van der Waals surface area contributed by atoms with Gasteiger partial charge in [-0.05, 0) is 36.2 Å². The summed E-state index contributed by atoms with van der Waals surface area (Å²) in [7, 11) is 0. The molecule has 1 aliphatic rings. The largest absolute Gasteiger partial charge is 0.396 e. The molecule has 0 spiro atoms. The second kappa shape index (κ2) is 6.07. The number of rotatable bonds is 2. The second-order valence-corrected chi connectivity index (χ2v) is 6.57. The first-order valence-corrected chi connectivity index (χ1v) is 8.34. The summed E-state index contributed by atoms with van der Waals surface area (Å²) < 4.78 is 14.3. The zero-order valence-electron chi connectivity index (χ0n) is 14.1. The van der Waals surface area contributed by atoms with Crippen LogP contribution in [0.2, 0.25) is 0 Å². The van der Waals surface area contributed by atoms with E-state index in [1.54, 1.807) is 17.9 Å². The van der Waals surface area contributed by atoms with Crippen molar-refractivity contribution in [2.24, 2.45) is 0 Å². The van der Waals surface area contributed by atoms with E-state index in [2.05, 4.69) is 4.98 Å². The number of hydrogen-bond acceptors (Lipinski definition) is 3. The summed E-state index contributed by atoms with van der Waals surface area (Å²) in [5.41, 5.74) is 1.90. The molecule has 4 rings (SSSR count). The van der Waals surface area contributed by atoms with Gasteiger partial charge in [0, 0.05) is 29.6 Å². The van der Waals surface area contributed by atoms with Gasteiger partial charge < -0.3 is 15.0 Å². The van der Waals surface area contributed by atoms with Crippen LogP contribution in [-0.2, 0) is 0 Å². The molecule has 2 heterocycles. The van der Waals surface area contributed by atoms with E-state index in [9.17, 15) is 19.1 Å². The molecule has 1 atom stereocenters. The molecule has 3 aromatic rings. The van der Waals surface area contributed by atoms with Crippen LogP contribution in [0, 0.1) is 12.7 Å². The average Bonchev–Trinajstić information content (AvgIpc) is 3.00. The van der Waals surface area contributed by atoms with E-state index in [1.165, 1.54) is 12.1 Å². The zero-order chi connectivity index (χ0) is 18.4. The number of nitrogens with zero attached hydrogens (tertiary/aromatic N) is 1. The predicted octanol–water partition coefficient (Wildman–Crippen LogP) is 2.71. The van der Waals surface area contributed by atoms with Crippen LogP contribution in [0.25, 0.3) is 10.9 Å². The Kier molecular flexibility index (Phi) is 3.85. The summed E-state index contributed by atoms with van der Waals surface area (Å²) in [5.74, 6) is -1.13. The van der Waals surface area contributed by atoms with Crippen LogP contribution in [0.3, 0.4) is 0 Å². The number of hydrogen-bond donors (Lipinski definition) is 2. The lowest BCUT2D eigenvalue weighted by atomic mass is 10.0. The van der Waals surface area contributed by atoms with Crippen molar-refractivity contribution in [1.82, 2.24) is 4.98 Å². The summed E-state index contributed by atoms with van der Waals surface area (Å²) in [5, 5.41) is 10.0. The Morgan fingerprint density at radius 2 is 2.08 bits per heavy atom. The number of carbonyl (C=O) groups is 1. The van der Waals surface area contributed by atoms with Gasteiger partial charge in [0.15, 0.2) is 0 Å². The number of amides is 1. The third-order valence-corrected chi connectivity index (χ3v) is 4.81. The van der Waals surface area contributed by atoms with Gasteiger partial charge in [0.05, 0.1) is 17.7 Å². The molecule has 0 radical (unpaired) electrons. The van der Waals surface area contributed by atoms with Crippen molar-refractivity contribution in [2.75, 3.05) is 18.1 Å². The first-order valence-electron chi connectivity index (χ1n) is 8.34. The molecule has 2 N–H and O–H groups in total. The summed E-state index contributed by atoms with van der Waals surface area (Å²) in [6.07, 6.45) is 0. The second-order valence-electron chi connectivity index (χ2n) is 6.57. The van der Waals surface area contributed by atoms with E-state index >= 15 is 0 Å². The van der Waals surface area contributed by atoms with Crippen molar-refractivity contribution < 1.29 is 14.3 Å². The molecule has 1 aliphatic heterocycles. The number of H-pyrrole nitrogens is 1. The van der Waals surface area contributed by atoms with Crippen LogP contribution in [0.5, 0.6) is 0 Å². The maximum atomic E-state index is 14.3. The fourth-order valence-corrected chi connectivity index (χ4v) is 3.62. The minimum Gasteiger partial charge on any atom is -0.396 e. The third-order valence-electron chi connectivity index (χ3n) is 4.81. The number of halogens is 1. The number of carbonyl (C=O) groups excluding carboxylic acids is 1. The number of aliphatic hydroxyl groups excluding tert-OH is 1. The summed E-state index contributed by atoms with van der Waals surface area (Å²) in [6.45, 7) is 1.97. The van der Waals surface area contributed by atoms with Crippen molar-refractivity contribution in [3.63, 3.8) is 0 Å². The highest BCUT2D eigenvalue weighted by Crippen LogP contribution is 2.37. The van der Waals surface area contributed by atoms with Gasteiger partial charge in [-0.15, -0.1) is 0 Å². The normalized spacial score (nSPS) is 16.1. The standard InChI is InChI=1S/C20H17FN2O3/c1-11-6-14-15(8-18(25)22-19(14)16(21)7-11)20(26)23-9-12(10-24)13-4-2-3-5-17(13)23/h2-8,12,24H,9-10H2,1H3,(H,22,25). The highest BCUT2D eigenvalue weighted by Gasteiger charge is 2.33. The Hall–Kier alpha value is -2.99. The van der Waals surface area contributed by atoms with Gasteiger partial charge in [-0.1, -0.05) is 18.2 Å². The van der Waals surface area contributed by atoms with Crippen LogP contribution in [0.15, 0.2) is 47.3 Å². The van der Waals surface area contributed by atoms with E-state index in [-0.39, 0.29) is 29.5 Å². The van der Waals surface area contributed by atoms with Gasteiger partial charge in [-0.2, -0.15) is 0 Å². The number of aromatic nitrogens is 1. The molecule has 1 aromatic heterocycles. The third kappa shape index (κ3) is 2.50. The van der Waals surface area contributed by atoms with Crippen LogP contribution >= 0.6 is 0 Å². The summed E-state index contributed by atoms with van der Waals surface area (Å²) >= 11 is 0. The molecule has 0 aliphatic carbocycles. The van der Waals surface area contributed by atoms with Crippen molar-refractivity contribution >= 4 is 22.5 Å². The van der Waals surface area contributed by atoms with Gasteiger partial charge >= 0.3 is 0 Å². The number of anilines is 1. The first-order chi connectivity index (χ1) is 12.5. The monoisotopic (exact) mass is 352 g/mol. The van der Waals surface area contributed by atoms with E-state index in [1.807, 2.05) is 24.3 Å². The van der Waals surface area contributed by atoms with Crippen LogP contribution in [0.4, 0.5) is 10.1 Å². The molecule has 1 amide bonds. The maximum Gasteiger partial charge on any atom is 0.259 e. The van der Waals surface area contributed by atoms with Gasteiger partial charge in [0.2, 0.25) is 5.56 Å². The molecule has 5 nitrogen and oxygen atoms in total. The number of benzene rings is 2. The Balaban J connectivity index is 1.89. The highest BCUT2D eigenvalue weighted by molar-refractivity contribution is 6.14. The topological polar surface area (TPSA) is 73.4 Å². The number of pyridine rings is 1. The van der Waals surface area contributed by atoms with Gasteiger partial charge in [-0.3, -0.25) is 9.59 Å². The number of aryl methyl sites for hydroxylation is 1. The fourth-order valence-electron chi connectivity index (χ4n) is 3.62. The molecule has 0 saturated heterocycles. The fraction of sp³-hybridized carbons (Fsp3) is 0.200. The number of aromatic amines is 1. The maximum absolute atomic E-state index is 14.3. The van der Waals surface area contributed by atoms with E-state index in [0.29, 0.717) is 23.2 Å². The lowest BCUT2D eigenvalue weighted by Crippen LogP contribution is -2.31. The Morgan fingerprint density at radius 1 is 1.31 bits per heavy atom. The van der Waals surface area contributed by atoms with Gasteiger partial charge in [0.1, 0.15) is 5.82 Å². The molecule has 132 valence electrons. The van der Waals surface area contributed by atoms with E-state index in [4.69, 9.17) is 0 Å².